The Kier molecular flexibility index (Phi) is 6.77. The zero-order valence-electron chi connectivity index (χ0n) is 17.5. The third kappa shape index (κ3) is 5.49. The number of nitrogens with one attached hydrogen (secondary N) is 1. The van der Waals surface area contributed by atoms with Gasteiger partial charge in [-0.05, 0) is 31.2 Å². The number of urea groups is 1. The molecule has 2 heterocycles. The molecular formula is C22H32N4O3. The van der Waals surface area contributed by atoms with Gasteiger partial charge in [0, 0.05) is 52.1 Å². The summed E-state index contributed by atoms with van der Waals surface area (Å²) in [5, 5.41) is 2.62. The van der Waals surface area contributed by atoms with Crippen LogP contribution in [0.15, 0.2) is 30.3 Å². The number of carbonyl (C=O) groups excluding carboxylic acids is 3. The molecule has 7 nitrogen and oxygen atoms in total. The Morgan fingerprint density at radius 2 is 1.83 bits per heavy atom. The summed E-state index contributed by atoms with van der Waals surface area (Å²) >= 11 is 0. The van der Waals surface area contributed by atoms with Crippen molar-refractivity contribution in [2.45, 2.75) is 32.1 Å². The van der Waals surface area contributed by atoms with Gasteiger partial charge in [-0.3, -0.25) is 9.59 Å². The maximum absolute atomic E-state index is 12.5. The van der Waals surface area contributed by atoms with Crippen LogP contribution in [0.3, 0.4) is 0 Å². The van der Waals surface area contributed by atoms with Gasteiger partial charge in [-0.2, -0.15) is 0 Å². The summed E-state index contributed by atoms with van der Waals surface area (Å²) in [7, 11) is 3.29. The van der Waals surface area contributed by atoms with Crippen LogP contribution in [0.1, 0.15) is 31.2 Å². The van der Waals surface area contributed by atoms with E-state index < -0.39 is 0 Å². The molecular weight excluding hydrogens is 368 g/mol. The lowest BCUT2D eigenvalue weighted by molar-refractivity contribution is -0.132. The Morgan fingerprint density at radius 1 is 1.14 bits per heavy atom. The Morgan fingerprint density at radius 3 is 2.48 bits per heavy atom. The summed E-state index contributed by atoms with van der Waals surface area (Å²) in [4.78, 5) is 41.7. The predicted molar refractivity (Wildman–Crippen MR) is 111 cm³/mol. The molecule has 1 spiro atoms. The maximum atomic E-state index is 12.5. The number of hydrogen-bond acceptors (Lipinski definition) is 3. The van der Waals surface area contributed by atoms with E-state index in [9.17, 15) is 14.4 Å². The molecule has 0 aromatic heterocycles. The molecule has 4 amide bonds. The van der Waals surface area contributed by atoms with Crippen LogP contribution in [0.2, 0.25) is 0 Å². The number of amides is 4. The van der Waals surface area contributed by atoms with E-state index in [0.29, 0.717) is 19.5 Å². The van der Waals surface area contributed by atoms with Crippen molar-refractivity contribution in [2.24, 2.45) is 5.41 Å². The van der Waals surface area contributed by atoms with Gasteiger partial charge in [0.25, 0.3) is 0 Å². The normalized spacial score (nSPS) is 18.2. The van der Waals surface area contributed by atoms with Crippen LogP contribution in [-0.2, 0) is 16.0 Å². The number of rotatable bonds is 6. The van der Waals surface area contributed by atoms with E-state index in [1.54, 1.807) is 14.1 Å². The summed E-state index contributed by atoms with van der Waals surface area (Å²) in [5.74, 6) is 0.190. The molecule has 0 saturated carbocycles. The van der Waals surface area contributed by atoms with Gasteiger partial charge in [0.15, 0.2) is 0 Å². The number of nitrogens with zero attached hydrogens (tertiary/aromatic N) is 3. The van der Waals surface area contributed by atoms with E-state index in [1.165, 1.54) is 10.5 Å². The van der Waals surface area contributed by atoms with E-state index in [-0.39, 0.29) is 29.8 Å². The van der Waals surface area contributed by atoms with Gasteiger partial charge in [0.1, 0.15) is 0 Å². The Bertz CT molecular complexity index is 727. The SMILES string of the molecule is CN(C)C(=O)NCC(=O)N1CCC2(CC1)CC(=O)N(CCCc1ccccc1)C2. The van der Waals surface area contributed by atoms with E-state index in [1.807, 2.05) is 28.0 Å². The first kappa shape index (κ1) is 21.1. The summed E-state index contributed by atoms with van der Waals surface area (Å²) < 4.78 is 0. The van der Waals surface area contributed by atoms with Crippen molar-refractivity contribution < 1.29 is 14.4 Å². The van der Waals surface area contributed by atoms with Crippen molar-refractivity contribution in [3.8, 4) is 0 Å². The van der Waals surface area contributed by atoms with Crippen molar-refractivity contribution in [3.63, 3.8) is 0 Å². The Balaban J connectivity index is 1.42. The summed E-state index contributed by atoms with van der Waals surface area (Å²) in [6, 6.07) is 10.1. The van der Waals surface area contributed by atoms with Crippen LogP contribution in [0.25, 0.3) is 0 Å². The monoisotopic (exact) mass is 400 g/mol. The Hall–Kier alpha value is -2.57. The van der Waals surface area contributed by atoms with Gasteiger partial charge in [0.2, 0.25) is 11.8 Å². The summed E-state index contributed by atoms with van der Waals surface area (Å²) in [6.07, 6.45) is 4.25. The lowest BCUT2D eigenvalue weighted by atomic mass is 9.77. The van der Waals surface area contributed by atoms with Gasteiger partial charge in [-0.1, -0.05) is 30.3 Å². The first-order valence-electron chi connectivity index (χ1n) is 10.4. The minimum atomic E-state index is -0.264. The highest BCUT2D eigenvalue weighted by Gasteiger charge is 2.45. The molecule has 0 aliphatic carbocycles. The zero-order chi connectivity index (χ0) is 20.9. The molecule has 3 rings (SSSR count). The van der Waals surface area contributed by atoms with Crippen molar-refractivity contribution in [1.29, 1.82) is 0 Å². The van der Waals surface area contributed by atoms with Crippen LogP contribution in [0.4, 0.5) is 4.79 Å². The number of aryl methyl sites for hydroxylation is 1. The van der Waals surface area contributed by atoms with E-state index in [0.717, 1.165) is 38.8 Å². The second-order valence-electron chi connectivity index (χ2n) is 8.52. The highest BCUT2D eigenvalue weighted by atomic mass is 16.2. The highest BCUT2D eigenvalue weighted by Crippen LogP contribution is 2.41. The average Bonchev–Trinajstić information content (AvgIpc) is 3.02. The second-order valence-corrected chi connectivity index (χ2v) is 8.52. The van der Waals surface area contributed by atoms with Gasteiger partial charge < -0.3 is 20.0 Å². The van der Waals surface area contributed by atoms with Crippen molar-refractivity contribution in [1.82, 2.24) is 20.0 Å². The largest absolute Gasteiger partial charge is 0.342 e. The topological polar surface area (TPSA) is 73.0 Å². The molecule has 0 unspecified atom stereocenters. The lowest BCUT2D eigenvalue weighted by Crippen LogP contribution is -2.48. The molecule has 0 bridgehead atoms. The van der Waals surface area contributed by atoms with Gasteiger partial charge in [-0.15, -0.1) is 0 Å². The molecule has 1 aromatic carbocycles. The van der Waals surface area contributed by atoms with Crippen molar-refractivity contribution >= 4 is 17.8 Å². The van der Waals surface area contributed by atoms with E-state index >= 15 is 0 Å². The number of benzene rings is 1. The fourth-order valence-electron chi connectivity index (χ4n) is 4.29. The van der Waals surface area contributed by atoms with E-state index in [4.69, 9.17) is 0 Å². The zero-order valence-corrected chi connectivity index (χ0v) is 17.5. The molecule has 158 valence electrons. The minimum absolute atomic E-state index is 0.00744. The number of carbonyl (C=O) groups is 3. The summed E-state index contributed by atoms with van der Waals surface area (Å²) in [5.41, 5.74) is 1.31. The first-order valence-corrected chi connectivity index (χ1v) is 10.4. The fraction of sp³-hybridized carbons (Fsp3) is 0.591. The van der Waals surface area contributed by atoms with Crippen LogP contribution in [0, 0.1) is 5.41 Å². The highest BCUT2D eigenvalue weighted by molar-refractivity contribution is 5.84. The fourth-order valence-corrected chi connectivity index (χ4v) is 4.29. The quantitative estimate of drug-likeness (QED) is 0.790. The molecule has 7 heteroatoms. The molecule has 2 aliphatic rings. The predicted octanol–water partition coefficient (Wildman–Crippen LogP) is 1.73. The standard InChI is InChI=1S/C22H32N4O3/c1-24(2)21(29)23-16-20(28)25-13-10-22(11-14-25)15-19(27)26(17-22)12-6-9-18-7-4-3-5-8-18/h3-5,7-8H,6,9-17H2,1-2H3,(H,23,29). The molecule has 0 radical (unpaired) electrons. The molecule has 1 aromatic rings. The smallest absolute Gasteiger partial charge is 0.317 e. The van der Waals surface area contributed by atoms with Gasteiger partial charge in [0.05, 0.1) is 6.54 Å². The minimum Gasteiger partial charge on any atom is -0.342 e. The second kappa shape index (κ2) is 9.29. The Labute approximate surface area is 173 Å². The van der Waals surface area contributed by atoms with Gasteiger partial charge >= 0.3 is 6.03 Å². The number of hydrogen-bond donors (Lipinski definition) is 1. The third-order valence-corrected chi connectivity index (χ3v) is 6.12. The number of piperidine rings is 1. The molecule has 0 atom stereocenters. The molecule has 2 aliphatic heterocycles. The van der Waals surface area contributed by atoms with Crippen LogP contribution >= 0.6 is 0 Å². The third-order valence-electron chi connectivity index (χ3n) is 6.12. The molecule has 2 saturated heterocycles. The average molecular weight is 401 g/mol. The van der Waals surface area contributed by atoms with Crippen LogP contribution < -0.4 is 5.32 Å². The lowest BCUT2D eigenvalue weighted by Gasteiger charge is -2.39. The number of likely N-dealkylation sites (tertiary alicyclic amines) is 2. The van der Waals surface area contributed by atoms with Crippen molar-refractivity contribution in [2.75, 3.05) is 46.8 Å². The molecule has 29 heavy (non-hydrogen) atoms. The first-order chi connectivity index (χ1) is 13.9. The maximum Gasteiger partial charge on any atom is 0.317 e. The molecule has 2 fully saturated rings. The van der Waals surface area contributed by atoms with Crippen LogP contribution in [-0.4, -0.2) is 79.4 Å². The van der Waals surface area contributed by atoms with E-state index in [2.05, 4.69) is 17.4 Å². The van der Waals surface area contributed by atoms with Gasteiger partial charge in [-0.25, -0.2) is 4.79 Å². The van der Waals surface area contributed by atoms with Crippen molar-refractivity contribution in [3.05, 3.63) is 35.9 Å². The molecule has 1 N–H and O–H groups in total. The summed E-state index contributed by atoms with van der Waals surface area (Å²) in [6.45, 7) is 2.94. The van der Waals surface area contributed by atoms with Crippen LogP contribution in [0.5, 0.6) is 0 Å².